The third-order valence-electron chi connectivity index (χ3n) is 3.36. The number of nitrogens with one attached hydrogen (secondary N) is 1. The van der Waals surface area contributed by atoms with E-state index < -0.39 is 0 Å². The van der Waals surface area contributed by atoms with Gasteiger partial charge in [-0.2, -0.15) is 0 Å². The quantitative estimate of drug-likeness (QED) is 0.815. The van der Waals surface area contributed by atoms with E-state index in [1.807, 2.05) is 19.9 Å². The summed E-state index contributed by atoms with van der Waals surface area (Å²) in [7, 11) is 1.75. The summed E-state index contributed by atoms with van der Waals surface area (Å²) in [5.41, 5.74) is 9.48. The predicted octanol–water partition coefficient (Wildman–Crippen LogP) is 1.92. The first-order valence-electron chi connectivity index (χ1n) is 6.08. The lowest BCUT2D eigenvalue weighted by Gasteiger charge is -2.35. The smallest absolute Gasteiger partial charge is 0.107 e. The molecule has 0 spiro atoms. The van der Waals surface area contributed by atoms with Gasteiger partial charge in [0.1, 0.15) is 4.99 Å². The van der Waals surface area contributed by atoms with Crippen molar-refractivity contribution < 1.29 is 4.74 Å². The molecule has 2 rings (SSSR count). The van der Waals surface area contributed by atoms with Crippen molar-refractivity contribution in [2.75, 3.05) is 12.4 Å². The van der Waals surface area contributed by atoms with Crippen LogP contribution in [0.15, 0.2) is 6.07 Å². The number of pyridine rings is 1. The molecule has 0 radical (unpaired) electrons. The van der Waals surface area contributed by atoms with E-state index in [0.717, 1.165) is 35.5 Å². The molecule has 1 aromatic heterocycles. The van der Waals surface area contributed by atoms with Crippen LogP contribution < -0.4 is 11.1 Å². The number of hydrogen-bond donors (Lipinski definition) is 2. The van der Waals surface area contributed by atoms with Gasteiger partial charge in [-0.3, -0.25) is 4.98 Å². The second-order valence-electron chi connectivity index (χ2n) is 4.81. The van der Waals surface area contributed by atoms with Gasteiger partial charge in [-0.1, -0.05) is 12.2 Å². The standard InChI is InChI=1S/C13H19N3OS/c1-7-4-11(12(13(14)18)8(2)15-7)16-9-5-10(6-9)17-3/h4,9-10H,5-6H2,1-3H3,(H2,14,18)(H,15,16). The Kier molecular flexibility index (Phi) is 3.82. The lowest BCUT2D eigenvalue weighted by Crippen LogP contribution is -2.40. The molecule has 18 heavy (non-hydrogen) atoms. The number of hydrogen-bond acceptors (Lipinski definition) is 4. The summed E-state index contributed by atoms with van der Waals surface area (Å²) in [6.45, 7) is 3.91. The molecule has 1 aliphatic rings. The molecule has 1 fully saturated rings. The number of nitrogens with zero attached hydrogens (tertiary/aromatic N) is 1. The Morgan fingerprint density at radius 2 is 2.17 bits per heavy atom. The third-order valence-corrected chi connectivity index (χ3v) is 3.57. The van der Waals surface area contributed by atoms with E-state index in [1.54, 1.807) is 7.11 Å². The number of aromatic nitrogens is 1. The van der Waals surface area contributed by atoms with Gasteiger partial charge >= 0.3 is 0 Å². The largest absolute Gasteiger partial charge is 0.389 e. The van der Waals surface area contributed by atoms with Gasteiger partial charge in [0.2, 0.25) is 0 Å². The molecule has 0 bridgehead atoms. The van der Waals surface area contributed by atoms with Gasteiger partial charge < -0.3 is 15.8 Å². The zero-order valence-corrected chi connectivity index (χ0v) is 11.8. The molecule has 1 aliphatic carbocycles. The van der Waals surface area contributed by atoms with Gasteiger partial charge in [-0.25, -0.2) is 0 Å². The predicted molar refractivity (Wildman–Crippen MR) is 77.0 cm³/mol. The average Bonchev–Trinajstić information content (AvgIpc) is 2.20. The highest BCUT2D eigenvalue weighted by atomic mass is 32.1. The molecule has 0 unspecified atom stereocenters. The number of ether oxygens (including phenoxy) is 1. The van der Waals surface area contributed by atoms with E-state index >= 15 is 0 Å². The van der Waals surface area contributed by atoms with Crippen molar-refractivity contribution in [1.82, 2.24) is 4.98 Å². The third kappa shape index (κ3) is 2.62. The molecule has 5 heteroatoms. The highest BCUT2D eigenvalue weighted by molar-refractivity contribution is 7.80. The molecule has 0 amide bonds. The van der Waals surface area contributed by atoms with Crippen LogP contribution in [0.25, 0.3) is 0 Å². The number of anilines is 1. The second-order valence-corrected chi connectivity index (χ2v) is 5.25. The van der Waals surface area contributed by atoms with E-state index in [0.29, 0.717) is 17.1 Å². The van der Waals surface area contributed by atoms with Crippen LogP contribution >= 0.6 is 12.2 Å². The van der Waals surface area contributed by atoms with Crippen LogP contribution in [0.4, 0.5) is 5.69 Å². The summed E-state index contributed by atoms with van der Waals surface area (Å²) >= 11 is 5.11. The number of rotatable bonds is 4. The van der Waals surface area contributed by atoms with E-state index in [9.17, 15) is 0 Å². The number of aryl methyl sites for hydroxylation is 2. The van der Waals surface area contributed by atoms with Gasteiger partial charge in [0.15, 0.2) is 0 Å². The fourth-order valence-corrected chi connectivity index (χ4v) is 2.61. The Bertz CT molecular complexity index is 470. The Labute approximate surface area is 113 Å². The van der Waals surface area contributed by atoms with Crippen molar-refractivity contribution in [3.8, 4) is 0 Å². The summed E-state index contributed by atoms with van der Waals surface area (Å²) in [6, 6.07) is 2.44. The molecular weight excluding hydrogens is 246 g/mol. The minimum atomic E-state index is 0.375. The fourth-order valence-electron chi connectivity index (χ4n) is 2.35. The molecule has 0 aromatic carbocycles. The van der Waals surface area contributed by atoms with Crippen LogP contribution in [0.5, 0.6) is 0 Å². The van der Waals surface area contributed by atoms with Gasteiger partial charge in [0.05, 0.1) is 11.7 Å². The van der Waals surface area contributed by atoms with Crippen molar-refractivity contribution in [1.29, 1.82) is 0 Å². The first kappa shape index (κ1) is 13.2. The Hall–Kier alpha value is -1.20. The zero-order chi connectivity index (χ0) is 13.3. The molecule has 1 aromatic rings. The summed E-state index contributed by atoms with van der Waals surface area (Å²) in [6.07, 6.45) is 2.42. The monoisotopic (exact) mass is 265 g/mol. The van der Waals surface area contributed by atoms with Gasteiger partial charge in [0.25, 0.3) is 0 Å². The minimum absolute atomic E-state index is 0.375. The maximum Gasteiger partial charge on any atom is 0.107 e. The molecule has 3 N–H and O–H groups in total. The summed E-state index contributed by atoms with van der Waals surface area (Å²) in [4.78, 5) is 4.80. The molecule has 0 aliphatic heterocycles. The fraction of sp³-hybridized carbons (Fsp3) is 0.538. The van der Waals surface area contributed by atoms with Crippen molar-refractivity contribution in [3.63, 3.8) is 0 Å². The number of nitrogens with two attached hydrogens (primary N) is 1. The molecule has 1 heterocycles. The zero-order valence-electron chi connectivity index (χ0n) is 11.0. The maximum atomic E-state index is 5.78. The van der Waals surface area contributed by atoms with Crippen molar-refractivity contribution in [3.05, 3.63) is 23.0 Å². The first-order valence-corrected chi connectivity index (χ1v) is 6.49. The Morgan fingerprint density at radius 1 is 1.50 bits per heavy atom. The van der Waals surface area contributed by atoms with Crippen molar-refractivity contribution in [2.24, 2.45) is 5.73 Å². The lowest BCUT2D eigenvalue weighted by molar-refractivity contribution is 0.0328. The van der Waals surface area contributed by atoms with E-state index in [-0.39, 0.29) is 0 Å². The molecule has 1 saturated carbocycles. The van der Waals surface area contributed by atoms with Crippen LogP contribution in [0.1, 0.15) is 29.8 Å². The topological polar surface area (TPSA) is 60.2 Å². The SMILES string of the molecule is COC1CC(Nc2cc(C)nc(C)c2C(N)=S)C1. The molecule has 0 atom stereocenters. The summed E-state index contributed by atoms with van der Waals surface area (Å²) in [5.74, 6) is 0. The van der Waals surface area contributed by atoms with E-state index in [2.05, 4.69) is 10.3 Å². The van der Waals surface area contributed by atoms with Crippen LogP contribution in [0.2, 0.25) is 0 Å². The summed E-state index contributed by atoms with van der Waals surface area (Å²) < 4.78 is 5.28. The van der Waals surface area contributed by atoms with Crippen LogP contribution in [0.3, 0.4) is 0 Å². The normalized spacial score (nSPS) is 22.4. The van der Waals surface area contributed by atoms with Gasteiger partial charge in [-0.15, -0.1) is 0 Å². The van der Waals surface area contributed by atoms with Crippen LogP contribution in [-0.4, -0.2) is 29.2 Å². The highest BCUT2D eigenvalue weighted by Gasteiger charge is 2.29. The van der Waals surface area contributed by atoms with Crippen molar-refractivity contribution in [2.45, 2.75) is 38.8 Å². The average molecular weight is 265 g/mol. The Morgan fingerprint density at radius 3 is 2.72 bits per heavy atom. The number of thiocarbonyl (C=S) groups is 1. The highest BCUT2D eigenvalue weighted by Crippen LogP contribution is 2.28. The molecular formula is C13H19N3OS. The molecule has 98 valence electrons. The minimum Gasteiger partial charge on any atom is -0.389 e. The van der Waals surface area contributed by atoms with E-state index in [1.165, 1.54) is 0 Å². The van der Waals surface area contributed by atoms with Crippen LogP contribution in [0, 0.1) is 13.8 Å². The van der Waals surface area contributed by atoms with E-state index in [4.69, 9.17) is 22.7 Å². The lowest BCUT2D eigenvalue weighted by atomic mass is 9.89. The first-order chi connectivity index (χ1) is 8.51. The second kappa shape index (κ2) is 5.20. The summed E-state index contributed by atoms with van der Waals surface area (Å²) in [5, 5.41) is 3.49. The van der Waals surface area contributed by atoms with Crippen molar-refractivity contribution >= 4 is 22.9 Å². The van der Waals surface area contributed by atoms with Gasteiger partial charge in [-0.05, 0) is 32.8 Å². The Balaban J connectivity index is 2.19. The van der Waals surface area contributed by atoms with Crippen LogP contribution in [-0.2, 0) is 4.74 Å². The maximum absolute atomic E-state index is 5.78. The van der Waals surface area contributed by atoms with Gasteiger partial charge in [0, 0.05) is 30.2 Å². The molecule has 0 saturated heterocycles. The number of methoxy groups -OCH3 is 1. The molecule has 4 nitrogen and oxygen atoms in total.